The van der Waals surface area contributed by atoms with E-state index in [2.05, 4.69) is 17.0 Å². The number of carbonyl (C=O) groups is 1. The van der Waals surface area contributed by atoms with E-state index in [1.54, 1.807) is 0 Å². The van der Waals surface area contributed by atoms with Crippen molar-refractivity contribution in [2.75, 3.05) is 39.4 Å². The lowest BCUT2D eigenvalue weighted by atomic mass is 9.96. The Morgan fingerprint density at radius 1 is 1.06 bits per heavy atom. The normalized spacial score (nSPS) is 21.2. The molecule has 0 aliphatic carbocycles. The smallest absolute Gasteiger partial charge is 0.222 e. The standard InChI is InChI=1S/C28H37ClN2O4/c1-22-9-10-25(29)26(18-22)35-21-28(33)11-4-13-30(16-12-28)20-23-6-2-7-24(19-23)34-17-5-15-31-14-3-8-27(31)32/h2,6-7,9-10,18-19,33H,3-5,8,11-17,20-21H2,1H3/t28-/m0/s1. The monoisotopic (exact) mass is 500 g/mol. The van der Waals surface area contributed by atoms with Gasteiger partial charge < -0.3 is 19.5 Å². The zero-order valence-corrected chi connectivity index (χ0v) is 21.4. The Morgan fingerprint density at radius 3 is 2.77 bits per heavy atom. The first kappa shape index (κ1) is 25.8. The molecule has 1 atom stereocenters. The van der Waals surface area contributed by atoms with Gasteiger partial charge in [0.1, 0.15) is 18.1 Å². The van der Waals surface area contributed by atoms with Crippen molar-refractivity contribution in [2.24, 2.45) is 0 Å². The summed E-state index contributed by atoms with van der Waals surface area (Å²) in [5.41, 5.74) is 1.42. The van der Waals surface area contributed by atoms with Crippen molar-refractivity contribution < 1.29 is 19.4 Å². The maximum atomic E-state index is 11.7. The number of nitrogens with zero attached hydrogens (tertiary/aromatic N) is 2. The number of hydrogen-bond acceptors (Lipinski definition) is 5. The average Bonchev–Trinajstić information content (AvgIpc) is 3.16. The van der Waals surface area contributed by atoms with Gasteiger partial charge in [0.05, 0.1) is 17.2 Å². The summed E-state index contributed by atoms with van der Waals surface area (Å²) < 4.78 is 11.9. The fraction of sp³-hybridized carbons (Fsp3) is 0.536. The van der Waals surface area contributed by atoms with Crippen LogP contribution in [0.2, 0.25) is 5.02 Å². The topological polar surface area (TPSA) is 62.2 Å². The van der Waals surface area contributed by atoms with Crippen molar-refractivity contribution in [3.05, 3.63) is 58.6 Å². The summed E-state index contributed by atoms with van der Waals surface area (Å²) in [6.45, 7) is 7.06. The lowest BCUT2D eigenvalue weighted by Crippen LogP contribution is -2.37. The van der Waals surface area contributed by atoms with Crippen LogP contribution in [0.3, 0.4) is 0 Å². The maximum absolute atomic E-state index is 11.7. The molecule has 0 aromatic heterocycles. The predicted molar refractivity (Wildman–Crippen MR) is 138 cm³/mol. The van der Waals surface area contributed by atoms with E-state index in [4.69, 9.17) is 21.1 Å². The summed E-state index contributed by atoms with van der Waals surface area (Å²) in [7, 11) is 0. The quantitative estimate of drug-likeness (QED) is 0.473. The number of ether oxygens (including phenoxy) is 2. The second-order valence-corrected chi connectivity index (χ2v) is 10.3. The van der Waals surface area contributed by atoms with Crippen molar-refractivity contribution in [2.45, 2.75) is 57.6 Å². The molecule has 1 N–H and O–H groups in total. The van der Waals surface area contributed by atoms with Gasteiger partial charge in [-0.1, -0.05) is 29.8 Å². The number of rotatable bonds is 10. The minimum Gasteiger partial charge on any atom is -0.494 e. The van der Waals surface area contributed by atoms with E-state index in [1.807, 2.05) is 42.2 Å². The van der Waals surface area contributed by atoms with E-state index in [0.29, 0.717) is 36.6 Å². The lowest BCUT2D eigenvalue weighted by Gasteiger charge is -2.27. The highest BCUT2D eigenvalue weighted by atomic mass is 35.5. The summed E-state index contributed by atoms with van der Waals surface area (Å²) in [6, 6.07) is 13.9. The van der Waals surface area contributed by atoms with Gasteiger partial charge in [-0.3, -0.25) is 9.69 Å². The fourth-order valence-corrected chi connectivity index (χ4v) is 5.02. The third-order valence-corrected chi connectivity index (χ3v) is 7.22. The van der Waals surface area contributed by atoms with Crippen LogP contribution in [-0.2, 0) is 11.3 Å². The van der Waals surface area contributed by atoms with E-state index < -0.39 is 5.60 Å². The number of hydrogen-bond donors (Lipinski definition) is 1. The van der Waals surface area contributed by atoms with E-state index in [9.17, 15) is 9.90 Å². The molecule has 7 heteroatoms. The summed E-state index contributed by atoms with van der Waals surface area (Å²) in [4.78, 5) is 16.0. The Hall–Kier alpha value is -2.28. The van der Waals surface area contributed by atoms with Gasteiger partial charge >= 0.3 is 0 Å². The van der Waals surface area contributed by atoms with Crippen molar-refractivity contribution in [1.29, 1.82) is 0 Å². The molecule has 2 saturated heterocycles. The van der Waals surface area contributed by atoms with Gasteiger partial charge in [-0.15, -0.1) is 0 Å². The van der Waals surface area contributed by atoms with Crippen LogP contribution in [0.1, 0.15) is 49.7 Å². The highest BCUT2D eigenvalue weighted by Gasteiger charge is 2.31. The minimum absolute atomic E-state index is 0.246. The van der Waals surface area contributed by atoms with Crippen LogP contribution in [0, 0.1) is 6.92 Å². The molecule has 2 aliphatic heterocycles. The van der Waals surface area contributed by atoms with Crippen molar-refractivity contribution in [3.8, 4) is 11.5 Å². The van der Waals surface area contributed by atoms with Gasteiger partial charge in [0.25, 0.3) is 0 Å². The zero-order valence-electron chi connectivity index (χ0n) is 20.7. The molecule has 2 fully saturated rings. The molecule has 2 aromatic rings. The van der Waals surface area contributed by atoms with E-state index >= 15 is 0 Å². The molecule has 6 nitrogen and oxygen atoms in total. The van der Waals surface area contributed by atoms with Crippen LogP contribution in [0.15, 0.2) is 42.5 Å². The first-order chi connectivity index (χ1) is 16.9. The second-order valence-electron chi connectivity index (χ2n) is 9.91. The van der Waals surface area contributed by atoms with Crippen LogP contribution in [0.25, 0.3) is 0 Å². The molecular formula is C28H37ClN2O4. The summed E-state index contributed by atoms with van der Waals surface area (Å²) in [5, 5.41) is 11.7. The molecule has 1 amide bonds. The highest BCUT2D eigenvalue weighted by molar-refractivity contribution is 6.32. The maximum Gasteiger partial charge on any atom is 0.222 e. The Morgan fingerprint density at radius 2 is 1.94 bits per heavy atom. The molecule has 2 aromatic carbocycles. The number of halogens is 1. The number of amides is 1. The average molecular weight is 501 g/mol. The number of benzene rings is 2. The Labute approximate surface area is 213 Å². The van der Waals surface area contributed by atoms with Gasteiger partial charge in [-0.05, 0) is 81.0 Å². The largest absolute Gasteiger partial charge is 0.494 e. The molecular weight excluding hydrogens is 464 g/mol. The lowest BCUT2D eigenvalue weighted by molar-refractivity contribution is -0.127. The summed E-state index contributed by atoms with van der Waals surface area (Å²) >= 11 is 6.25. The van der Waals surface area contributed by atoms with Crippen molar-refractivity contribution in [1.82, 2.24) is 9.80 Å². The van der Waals surface area contributed by atoms with Gasteiger partial charge in [-0.2, -0.15) is 0 Å². The summed E-state index contributed by atoms with van der Waals surface area (Å²) in [5.74, 6) is 1.76. The SMILES string of the molecule is Cc1ccc(Cl)c(OC[C@]2(O)CCCN(Cc3cccc(OCCCN4CCCC4=O)c3)CC2)c1. The number of likely N-dealkylation sites (tertiary alicyclic amines) is 2. The molecule has 0 spiro atoms. The predicted octanol–water partition coefficient (Wildman–Crippen LogP) is 4.84. The number of carbonyl (C=O) groups excluding carboxylic acids is 1. The molecule has 2 aliphatic rings. The highest BCUT2D eigenvalue weighted by Crippen LogP contribution is 2.29. The molecule has 0 radical (unpaired) electrons. The fourth-order valence-electron chi connectivity index (χ4n) is 4.85. The van der Waals surface area contributed by atoms with Gasteiger partial charge in [-0.25, -0.2) is 0 Å². The molecule has 190 valence electrons. The zero-order chi connectivity index (χ0) is 24.7. The van der Waals surface area contributed by atoms with E-state index in [0.717, 1.165) is 63.3 Å². The van der Waals surface area contributed by atoms with Crippen LogP contribution in [-0.4, -0.2) is 65.8 Å². The van der Waals surface area contributed by atoms with Gasteiger partial charge in [0.2, 0.25) is 5.91 Å². The number of aryl methyl sites for hydroxylation is 1. The molecule has 4 rings (SSSR count). The third kappa shape index (κ3) is 7.60. The molecule has 35 heavy (non-hydrogen) atoms. The number of aliphatic hydroxyl groups is 1. The Kier molecular flexibility index (Phi) is 8.93. The van der Waals surface area contributed by atoms with Crippen LogP contribution >= 0.6 is 11.6 Å². The summed E-state index contributed by atoms with van der Waals surface area (Å²) in [6.07, 6.45) is 4.77. The van der Waals surface area contributed by atoms with Crippen molar-refractivity contribution >= 4 is 17.5 Å². The molecule has 0 unspecified atom stereocenters. The first-order valence-corrected chi connectivity index (χ1v) is 13.1. The molecule has 2 heterocycles. The van der Waals surface area contributed by atoms with Crippen molar-refractivity contribution in [3.63, 3.8) is 0 Å². The van der Waals surface area contributed by atoms with E-state index in [1.165, 1.54) is 5.56 Å². The Bertz CT molecular complexity index is 1000. The third-order valence-electron chi connectivity index (χ3n) is 6.91. The first-order valence-electron chi connectivity index (χ1n) is 12.7. The Balaban J connectivity index is 1.23. The second kappa shape index (κ2) is 12.1. The minimum atomic E-state index is -0.858. The molecule has 0 bridgehead atoms. The van der Waals surface area contributed by atoms with Gasteiger partial charge in [0.15, 0.2) is 0 Å². The molecule has 0 saturated carbocycles. The van der Waals surface area contributed by atoms with E-state index in [-0.39, 0.29) is 12.5 Å². The van der Waals surface area contributed by atoms with Crippen LogP contribution < -0.4 is 9.47 Å². The van der Waals surface area contributed by atoms with Crippen LogP contribution in [0.5, 0.6) is 11.5 Å². The van der Waals surface area contributed by atoms with Crippen LogP contribution in [0.4, 0.5) is 0 Å². The van der Waals surface area contributed by atoms with Gasteiger partial charge in [0, 0.05) is 32.6 Å².